The molecule has 5 nitrogen and oxygen atoms in total. The molecule has 4 atom stereocenters. The first-order valence-corrected chi connectivity index (χ1v) is 8.09. The van der Waals surface area contributed by atoms with Crippen LogP contribution >= 0.6 is 0 Å². The van der Waals surface area contributed by atoms with Crippen LogP contribution in [0.25, 0.3) is 0 Å². The number of carboxylic acids is 1. The van der Waals surface area contributed by atoms with Crippen LogP contribution in [-0.4, -0.2) is 40.1 Å². The highest BCUT2D eigenvalue weighted by atomic mass is 16.4. The Bertz CT molecular complexity index is 441. The van der Waals surface area contributed by atoms with E-state index in [2.05, 4.69) is 5.32 Å². The Labute approximate surface area is 126 Å². The molecule has 0 aromatic rings. The summed E-state index contributed by atoms with van der Waals surface area (Å²) < 4.78 is 0. The highest BCUT2D eigenvalue weighted by molar-refractivity contribution is 5.77. The Kier molecular flexibility index (Phi) is 3.41. The van der Waals surface area contributed by atoms with Crippen LogP contribution in [0.4, 0.5) is 4.79 Å². The maximum Gasteiger partial charge on any atom is 0.318 e. The fraction of sp³-hybridized carbons (Fsp3) is 0.875. The van der Waals surface area contributed by atoms with Crippen LogP contribution in [0, 0.1) is 23.7 Å². The van der Waals surface area contributed by atoms with Crippen LogP contribution in [0.15, 0.2) is 0 Å². The number of amides is 2. The molecule has 0 heterocycles. The predicted molar refractivity (Wildman–Crippen MR) is 78.8 cm³/mol. The minimum Gasteiger partial charge on any atom is -0.481 e. The third kappa shape index (κ3) is 2.62. The van der Waals surface area contributed by atoms with Gasteiger partial charge in [0.15, 0.2) is 0 Å². The van der Waals surface area contributed by atoms with Gasteiger partial charge in [0.05, 0.1) is 6.42 Å². The molecule has 0 aromatic heterocycles. The van der Waals surface area contributed by atoms with Crippen molar-refractivity contribution in [2.75, 3.05) is 6.54 Å². The zero-order chi connectivity index (χ0) is 15.4. The van der Waals surface area contributed by atoms with Gasteiger partial charge in [0.25, 0.3) is 0 Å². The van der Waals surface area contributed by atoms with E-state index in [1.165, 1.54) is 19.3 Å². The fourth-order valence-electron chi connectivity index (χ4n) is 4.69. The number of urea groups is 1. The third-order valence-electron chi connectivity index (χ3n) is 5.63. The van der Waals surface area contributed by atoms with E-state index < -0.39 is 5.97 Å². The molecule has 3 rings (SSSR count). The lowest BCUT2D eigenvalue weighted by Crippen LogP contribution is -2.52. The van der Waals surface area contributed by atoms with E-state index in [9.17, 15) is 9.59 Å². The normalized spacial score (nSPS) is 36.2. The SMILES string of the molecule is CC(C)(C)N(CCC(=O)O)C(=O)NC1C2C3CCC(C3)C12. The summed E-state index contributed by atoms with van der Waals surface area (Å²) in [5, 5.41) is 12.0. The van der Waals surface area contributed by atoms with Gasteiger partial charge in [-0.1, -0.05) is 0 Å². The van der Waals surface area contributed by atoms with Crippen LogP contribution in [0.5, 0.6) is 0 Å². The summed E-state index contributed by atoms with van der Waals surface area (Å²) >= 11 is 0. The lowest BCUT2D eigenvalue weighted by Gasteiger charge is -2.35. The van der Waals surface area contributed by atoms with Gasteiger partial charge in [-0.15, -0.1) is 0 Å². The van der Waals surface area contributed by atoms with Crippen LogP contribution in [-0.2, 0) is 4.79 Å². The second-order valence-corrected chi connectivity index (χ2v) is 7.93. The number of aliphatic carboxylic acids is 1. The van der Waals surface area contributed by atoms with Crippen LogP contribution < -0.4 is 5.32 Å². The molecule has 0 saturated heterocycles. The van der Waals surface area contributed by atoms with Crippen molar-refractivity contribution in [3.63, 3.8) is 0 Å². The number of hydrogen-bond acceptors (Lipinski definition) is 2. The lowest BCUT2D eigenvalue weighted by atomic mass is 10.0. The molecule has 0 spiro atoms. The minimum atomic E-state index is -0.863. The second-order valence-electron chi connectivity index (χ2n) is 7.93. The monoisotopic (exact) mass is 294 g/mol. The van der Waals surface area contributed by atoms with Crippen LogP contribution in [0.1, 0.15) is 46.5 Å². The summed E-state index contributed by atoms with van der Waals surface area (Å²) in [5.74, 6) is 2.20. The average molecular weight is 294 g/mol. The summed E-state index contributed by atoms with van der Waals surface area (Å²) in [6, 6.07) is 0.251. The number of hydrogen-bond donors (Lipinski definition) is 2. The maximum atomic E-state index is 12.5. The minimum absolute atomic E-state index is 0.00648. The Morgan fingerprint density at radius 2 is 1.76 bits per heavy atom. The van der Waals surface area contributed by atoms with E-state index in [-0.39, 0.29) is 24.5 Å². The van der Waals surface area contributed by atoms with Crippen LogP contribution in [0.3, 0.4) is 0 Å². The highest BCUT2D eigenvalue weighted by Crippen LogP contribution is 2.65. The number of carbonyl (C=O) groups excluding carboxylic acids is 1. The molecular weight excluding hydrogens is 268 g/mol. The molecule has 4 unspecified atom stereocenters. The summed E-state index contributed by atoms with van der Waals surface area (Å²) in [6.45, 7) is 6.11. The van der Waals surface area contributed by atoms with Crippen LogP contribution in [0.2, 0.25) is 0 Å². The van der Waals surface area contributed by atoms with Crippen molar-refractivity contribution in [3.8, 4) is 0 Å². The van der Waals surface area contributed by atoms with Crippen molar-refractivity contribution in [2.24, 2.45) is 23.7 Å². The van der Waals surface area contributed by atoms with Gasteiger partial charge in [0.2, 0.25) is 0 Å². The van der Waals surface area contributed by atoms with Gasteiger partial charge in [0.1, 0.15) is 0 Å². The molecule has 2 amide bonds. The standard InChI is InChI=1S/C16H26N2O3/c1-16(2,3)18(7-6-11(19)20)15(21)17-14-12-9-4-5-10(8-9)13(12)14/h9-10,12-14H,4-8H2,1-3H3,(H,17,21)(H,19,20). The second kappa shape index (κ2) is 4.89. The summed E-state index contributed by atoms with van der Waals surface area (Å²) in [4.78, 5) is 25.0. The number of fused-ring (bicyclic) bond motifs is 5. The number of rotatable bonds is 4. The predicted octanol–water partition coefficient (Wildman–Crippen LogP) is 2.32. The number of nitrogens with one attached hydrogen (secondary N) is 1. The van der Waals surface area contributed by atoms with Crippen molar-refractivity contribution in [1.82, 2.24) is 10.2 Å². The lowest BCUT2D eigenvalue weighted by molar-refractivity contribution is -0.137. The summed E-state index contributed by atoms with van der Waals surface area (Å²) in [6.07, 6.45) is 4.03. The molecule has 3 saturated carbocycles. The Morgan fingerprint density at radius 1 is 1.19 bits per heavy atom. The number of carboxylic acid groups (broad SMARTS) is 1. The molecule has 2 N–H and O–H groups in total. The molecule has 3 aliphatic carbocycles. The third-order valence-corrected chi connectivity index (χ3v) is 5.63. The molecule has 0 aliphatic heterocycles. The first-order chi connectivity index (χ1) is 9.79. The number of nitrogens with zero attached hydrogens (tertiary/aromatic N) is 1. The zero-order valence-electron chi connectivity index (χ0n) is 13.1. The smallest absolute Gasteiger partial charge is 0.318 e. The van der Waals surface area contributed by atoms with Crippen molar-refractivity contribution >= 4 is 12.0 Å². The maximum absolute atomic E-state index is 12.5. The van der Waals surface area contributed by atoms with Gasteiger partial charge in [0, 0.05) is 18.1 Å². The Balaban J connectivity index is 1.59. The molecule has 2 bridgehead atoms. The fourth-order valence-corrected chi connectivity index (χ4v) is 4.69. The summed E-state index contributed by atoms with van der Waals surface area (Å²) in [7, 11) is 0. The quantitative estimate of drug-likeness (QED) is 0.836. The van der Waals surface area contributed by atoms with E-state index in [1.807, 2.05) is 20.8 Å². The Morgan fingerprint density at radius 3 is 2.24 bits per heavy atom. The topological polar surface area (TPSA) is 69.6 Å². The van der Waals surface area contributed by atoms with Gasteiger partial charge in [-0.05, 0) is 63.7 Å². The van der Waals surface area contributed by atoms with Gasteiger partial charge in [-0.25, -0.2) is 4.79 Å². The highest BCUT2D eigenvalue weighted by Gasteiger charge is 2.65. The van der Waals surface area contributed by atoms with Crippen molar-refractivity contribution < 1.29 is 14.7 Å². The van der Waals surface area contributed by atoms with Gasteiger partial charge < -0.3 is 15.3 Å². The van der Waals surface area contributed by atoms with E-state index in [1.54, 1.807) is 4.90 Å². The molecule has 3 aliphatic rings. The van der Waals surface area contributed by atoms with E-state index in [0.29, 0.717) is 17.9 Å². The van der Waals surface area contributed by atoms with Gasteiger partial charge in [-0.3, -0.25) is 4.79 Å². The van der Waals surface area contributed by atoms with E-state index in [0.717, 1.165) is 11.8 Å². The molecule has 21 heavy (non-hydrogen) atoms. The Hall–Kier alpha value is -1.26. The van der Waals surface area contributed by atoms with Crippen molar-refractivity contribution in [3.05, 3.63) is 0 Å². The molecule has 0 aromatic carbocycles. The molecular formula is C16H26N2O3. The molecule has 3 fully saturated rings. The molecule has 118 valence electrons. The number of carbonyl (C=O) groups is 2. The molecule has 5 heteroatoms. The van der Waals surface area contributed by atoms with Crippen molar-refractivity contribution in [1.29, 1.82) is 0 Å². The first-order valence-electron chi connectivity index (χ1n) is 8.09. The van der Waals surface area contributed by atoms with E-state index in [4.69, 9.17) is 5.11 Å². The van der Waals surface area contributed by atoms with Crippen molar-refractivity contribution in [2.45, 2.75) is 58.0 Å². The van der Waals surface area contributed by atoms with Gasteiger partial charge >= 0.3 is 12.0 Å². The van der Waals surface area contributed by atoms with E-state index >= 15 is 0 Å². The zero-order valence-corrected chi connectivity index (χ0v) is 13.1. The first kappa shape index (κ1) is 14.7. The summed E-state index contributed by atoms with van der Waals surface area (Å²) in [5.41, 5.74) is -0.359. The van der Waals surface area contributed by atoms with Gasteiger partial charge in [-0.2, -0.15) is 0 Å². The average Bonchev–Trinajstić information content (AvgIpc) is 2.77. The largest absolute Gasteiger partial charge is 0.481 e. The molecule has 0 radical (unpaired) electrons.